The molecule has 1 aliphatic heterocycles. The molecule has 9 heteroatoms. The normalized spacial score (nSPS) is 14.2. The van der Waals surface area contributed by atoms with Crippen molar-refractivity contribution in [1.29, 1.82) is 0 Å². The van der Waals surface area contributed by atoms with Crippen LogP contribution in [0.4, 0.5) is 17.1 Å². The zero-order valence-corrected chi connectivity index (χ0v) is 19.2. The second-order valence-electron chi connectivity index (χ2n) is 6.94. The molecule has 2 aromatic rings. The van der Waals surface area contributed by atoms with E-state index in [1.54, 1.807) is 41.3 Å². The molecule has 3 rings (SSSR count). The maximum atomic E-state index is 12.5. The molecular weight excluding hydrogens is 505 g/mol. The fraction of sp³-hybridized carbons (Fsp3) is 0.300. The number of rotatable bonds is 6. The predicted octanol–water partition coefficient (Wildman–Crippen LogP) is 3.13. The van der Waals surface area contributed by atoms with Gasteiger partial charge in [0, 0.05) is 27.9 Å². The molecule has 1 heterocycles. The van der Waals surface area contributed by atoms with Gasteiger partial charge in [0.1, 0.15) is 6.54 Å². The van der Waals surface area contributed by atoms with Crippen molar-refractivity contribution in [2.24, 2.45) is 0 Å². The quantitative estimate of drug-likeness (QED) is 0.586. The largest absolute Gasteiger partial charge is 0.325 e. The van der Waals surface area contributed by atoms with E-state index in [-0.39, 0.29) is 12.5 Å². The van der Waals surface area contributed by atoms with Crippen molar-refractivity contribution in [3.8, 4) is 0 Å². The summed E-state index contributed by atoms with van der Waals surface area (Å²) in [5, 5.41) is 2.75. The molecule has 0 bridgehead atoms. The second-order valence-corrected chi connectivity index (χ2v) is 10.1. The molecule has 7 nitrogen and oxygen atoms in total. The van der Waals surface area contributed by atoms with Gasteiger partial charge in [-0.05, 0) is 84.0 Å². The SMILES string of the molecule is Cc1cc(NC(=O)CN(c2ccc(I)cc2)S(C)(=O)=O)ccc1N1CCCC1=O. The van der Waals surface area contributed by atoms with Crippen molar-refractivity contribution in [3.05, 3.63) is 51.6 Å². The summed E-state index contributed by atoms with van der Waals surface area (Å²) in [7, 11) is -3.62. The Bertz CT molecular complexity index is 1040. The molecule has 154 valence electrons. The van der Waals surface area contributed by atoms with E-state index < -0.39 is 15.9 Å². The van der Waals surface area contributed by atoms with Crippen molar-refractivity contribution in [2.45, 2.75) is 19.8 Å². The molecule has 1 N–H and O–H groups in total. The van der Waals surface area contributed by atoms with Gasteiger partial charge < -0.3 is 10.2 Å². The van der Waals surface area contributed by atoms with E-state index in [0.717, 1.165) is 31.8 Å². The topological polar surface area (TPSA) is 86.8 Å². The molecule has 0 aliphatic carbocycles. The number of amides is 2. The Kier molecular flexibility index (Phi) is 6.47. The van der Waals surface area contributed by atoms with Crippen LogP contribution >= 0.6 is 22.6 Å². The van der Waals surface area contributed by atoms with Crippen LogP contribution in [0.1, 0.15) is 18.4 Å². The minimum Gasteiger partial charge on any atom is -0.325 e. The Morgan fingerprint density at radius 3 is 2.45 bits per heavy atom. The van der Waals surface area contributed by atoms with E-state index >= 15 is 0 Å². The molecule has 2 aromatic carbocycles. The van der Waals surface area contributed by atoms with Crippen LogP contribution in [0.15, 0.2) is 42.5 Å². The third kappa shape index (κ3) is 5.27. The summed E-state index contributed by atoms with van der Waals surface area (Å²) >= 11 is 2.13. The minimum absolute atomic E-state index is 0.103. The third-order valence-electron chi connectivity index (χ3n) is 4.65. The number of carbonyl (C=O) groups excluding carboxylic acids is 2. The van der Waals surface area contributed by atoms with Gasteiger partial charge in [-0.1, -0.05) is 0 Å². The second kappa shape index (κ2) is 8.70. The summed E-state index contributed by atoms with van der Waals surface area (Å²) in [6.45, 7) is 2.25. The van der Waals surface area contributed by atoms with E-state index in [1.807, 2.05) is 13.0 Å². The summed E-state index contributed by atoms with van der Waals surface area (Å²) in [4.78, 5) is 26.2. The van der Waals surface area contributed by atoms with Crippen molar-refractivity contribution in [3.63, 3.8) is 0 Å². The maximum absolute atomic E-state index is 12.5. The van der Waals surface area contributed by atoms with E-state index in [0.29, 0.717) is 24.3 Å². The minimum atomic E-state index is -3.62. The highest BCUT2D eigenvalue weighted by Gasteiger charge is 2.24. The van der Waals surface area contributed by atoms with Crippen LogP contribution in [0.3, 0.4) is 0 Å². The van der Waals surface area contributed by atoms with E-state index in [1.165, 1.54) is 0 Å². The Balaban J connectivity index is 1.74. The van der Waals surface area contributed by atoms with Crippen LogP contribution in [0.25, 0.3) is 0 Å². The fourth-order valence-electron chi connectivity index (χ4n) is 3.28. The summed E-state index contributed by atoms with van der Waals surface area (Å²) in [5.41, 5.74) is 2.69. The summed E-state index contributed by atoms with van der Waals surface area (Å²) < 4.78 is 26.4. The Morgan fingerprint density at radius 2 is 1.90 bits per heavy atom. The molecule has 0 spiro atoms. The zero-order valence-electron chi connectivity index (χ0n) is 16.2. The van der Waals surface area contributed by atoms with Crippen LogP contribution in [0.2, 0.25) is 0 Å². The Morgan fingerprint density at radius 1 is 1.21 bits per heavy atom. The average molecular weight is 527 g/mol. The lowest BCUT2D eigenvalue weighted by Crippen LogP contribution is -2.37. The number of hydrogen-bond acceptors (Lipinski definition) is 4. The van der Waals surface area contributed by atoms with Gasteiger partial charge in [-0.25, -0.2) is 8.42 Å². The Hall–Kier alpha value is -2.14. The van der Waals surface area contributed by atoms with Crippen molar-refractivity contribution >= 4 is 61.5 Å². The highest BCUT2D eigenvalue weighted by atomic mass is 127. The molecule has 1 aliphatic rings. The van der Waals surface area contributed by atoms with Crippen LogP contribution in [0.5, 0.6) is 0 Å². The lowest BCUT2D eigenvalue weighted by molar-refractivity contribution is -0.117. The number of benzene rings is 2. The first-order valence-corrected chi connectivity index (χ1v) is 12.0. The standard InChI is InChI=1S/C20H22IN3O4S/c1-14-12-16(7-10-18(14)23-11-3-4-20(23)26)22-19(25)13-24(29(2,27)28)17-8-5-15(21)6-9-17/h5-10,12H,3-4,11,13H2,1-2H3,(H,22,25). The maximum Gasteiger partial charge on any atom is 0.245 e. The Labute approximate surface area is 184 Å². The van der Waals surface area contributed by atoms with Crippen LogP contribution in [-0.2, 0) is 19.6 Å². The molecule has 2 amide bonds. The van der Waals surface area contributed by atoms with Gasteiger partial charge in [-0.3, -0.25) is 13.9 Å². The number of carbonyl (C=O) groups is 2. The molecule has 1 fully saturated rings. The van der Waals surface area contributed by atoms with Gasteiger partial charge in [-0.2, -0.15) is 0 Å². The van der Waals surface area contributed by atoms with E-state index in [9.17, 15) is 18.0 Å². The molecule has 0 aromatic heterocycles. The van der Waals surface area contributed by atoms with Gasteiger partial charge in [0.15, 0.2) is 0 Å². The monoisotopic (exact) mass is 527 g/mol. The van der Waals surface area contributed by atoms with Gasteiger partial charge in [-0.15, -0.1) is 0 Å². The molecular formula is C20H22IN3O4S. The van der Waals surface area contributed by atoms with Gasteiger partial charge >= 0.3 is 0 Å². The number of anilines is 3. The number of hydrogen-bond donors (Lipinski definition) is 1. The smallest absolute Gasteiger partial charge is 0.245 e. The molecule has 0 saturated carbocycles. The van der Waals surface area contributed by atoms with Crippen LogP contribution in [-0.4, -0.2) is 39.6 Å². The van der Waals surface area contributed by atoms with Crippen LogP contribution < -0.4 is 14.5 Å². The molecule has 0 unspecified atom stereocenters. The van der Waals surface area contributed by atoms with Gasteiger partial charge in [0.25, 0.3) is 0 Å². The molecule has 29 heavy (non-hydrogen) atoms. The van der Waals surface area contributed by atoms with E-state index in [4.69, 9.17) is 0 Å². The van der Waals surface area contributed by atoms with Crippen molar-refractivity contribution in [1.82, 2.24) is 0 Å². The number of nitrogens with zero attached hydrogens (tertiary/aromatic N) is 2. The van der Waals surface area contributed by atoms with Crippen LogP contribution in [0, 0.1) is 10.5 Å². The zero-order chi connectivity index (χ0) is 21.2. The van der Waals surface area contributed by atoms with Gasteiger partial charge in [0.05, 0.1) is 11.9 Å². The summed E-state index contributed by atoms with van der Waals surface area (Å²) in [6, 6.07) is 12.2. The first-order valence-electron chi connectivity index (χ1n) is 9.09. The molecule has 0 radical (unpaired) electrons. The predicted molar refractivity (Wildman–Crippen MR) is 123 cm³/mol. The molecule has 0 atom stereocenters. The number of halogens is 1. The number of sulfonamides is 1. The average Bonchev–Trinajstić information content (AvgIpc) is 3.06. The highest BCUT2D eigenvalue weighted by molar-refractivity contribution is 14.1. The van der Waals surface area contributed by atoms with E-state index in [2.05, 4.69) is 27.9 Å². The third-order valence-corrected chi connectivity index (χ3v) is 6.51. The number of aryl methyl sites for hydroxylation is 1. The lowest BCUT2D eigenvalue weighted by atomic mass is 10.1. The molecule has 1 saturated heterocycles. The highest BCUT2D eigenvalue weighted by Crippen LogP contribution is 2.27. The van der Waals surface area contributed by atoms with Crippen molar-refractivity contribution in [2.75, 3.05) is 33.9 Å². The van der Waals surface area contributed by atoms with Gasteiger partial charge in [0.2, 0.25) is 21.8 Å². The first kappa shape index (κ1) is 21.6. The number of nitrogens with one attached hydrogen (secondary N) is 1. The fourth-order valence-corrected chi connectivity index (χ4v) is 4.49. The van der Waals surface area contributed by atoms with Crippen molar-refractivity contribution < 1.29 is 18.0 Å². The summed E-state index contributed by atoms with van der Waals surface area (Å²) in [6.07, 6.45) is 2.47. The lowest BCUT2D eigenvalue weighted by Gasteiger charge is -2.22. The summed E-state index contributed by atoms with van der Waals surface area (Å²) in [5.74, 6) is -0.343. The first-order chi connectivity index (χ1) is 13.6.